The summed E-state index contributed by atoms with van der Waals surface area (Å²) in [5.74, 6) is 1.08. The molecule has 2 aliphatic rings. The number of carbonyl (C=O) groups is 1. The molecule has 1 aliphatic heterocycles. The van der Waals surface area contributed by atoms with Gasteiger partial charge in [-0.2, -0.15) is 0 Å². The fourth-order valence-electron chi connectivity index (χ4n) is 5.58. The van der Waals surface area contributed by atoms with E-state index < -0.39 is 5.41 Å². The smallest absolute Gasteiger partial charge is 0.312 e. The molecule has 152 valence electrons. The molecule has 1 aliphatic carbocycles. The van der Waals surface area contributed by atoms with Crippen LogP contribution in [0.15, 0.2) is 0 Å². The summed E-state index contributed by atoms with van der Waals surface area (Å²) in [6.45, 7) is 19.8. The number of nitrogens with two attached hydrogens (primary N) is 1. The van der Waals surface area contributed by atoms with Gasteiger partial charge in [-0.05, 0) is 50.9 Å². The lowest BCUT2D eigenvalue weighted by atomic mass is 9.51. The van der Waals surface area contributed by atoms with E-state index in [9.17, 15) is 4.79 Å². The second kappa shape index (κ2) is 7.09. The van der Waals surface area contributed by atoms with E-state index in [2.05, 4.69) is 48.5 Å². The van der Waals surface area contributed by atoms with Crippen molar-refractivity contribution in [3.63, 3.8) is 0 Å². The third-order valence-electron chi connectivity index (χ3n) is 7.28. The Balaban J connectivity index is 2.13. The third-order valence-corrected chi connectivity index (χ3v) is 7.28. The van der Waals surface area contributed by atoms with Crippen molar-refractivity contribution in [2.75, 3.05) is 6.54 Å². The Morgan fingerprint density at radius 2 is 1.81 bits per heavy atom. The van der Waals surface area contributed by atoms with Gasteiger partial charge in [0.25, 0.3) is 0 Å². The number of esters is 1. The summed E-state index contributed by atoms with van der Waals surface area (Å²) in [6, 6.07) is 0. The average molecular weight is 368 g/mol. The number of fused-ring (bicyclic) bond motifs is 1. The predicted molar refractivity (Wildman–Crippen MR) is 106 cm³/mol. The van der Waals surface area contributed by atoms with Gasteiger partial charge in [-0.25, -0.2) is 0 Å². The van der Waals surface area contributed by atoms with Crippen LogP contribution in [0.2, 0.25) is 0 Å². The first kappa shape index (κ1) is 21.7. The molecule has 0 amide bonds. The molecule has 0 aromatic carbocycles. The van der Waals surface area contributed by atoms with Gasteiger partial charge in [0.1, 0.15) is 6.10 Å². The lowest BCUT2D eigenvalue weighted by Gasteiger charge is -2.52. The lowest BCUT2D eigenvalue weighted by molar-refractivity contribution is -0.174. The van der Waals surface area contributed by atoms with Gasteiger partial charge >= 0.3 is 5.97 Å². The second-order valence-electron chi connectivity index (χ2n) is 10.8. The van der Waals surface area contributed by atoms with Crippen LogP contribution in [0.3, 0.4) is 0 Å². The van der Waals surface area contributed by atoms with E-state index in [4.69, 9.17) is 15.2 Å². The van der Waals surface area contributed by atoms with Gasteiger partial charge in [0, 0.05) is 17.9 Å². The van der Waals surface area contributed by atoms with Crippen molar-refractivity contribution in [3.8, 4) is 0 Å². The largest absolute Gasteiger partial charge is 0.459 e. The topological polar surface area (TPSA) is 61.6 Å². The third kappa shape index (κ3) is 3.56. The van der Waals surface area contributed by atoms with Crippen molar-refractivity contribution in [3.05, 3.63) is 0 Å². The van der Waals surface area contributed by atoms with E-state index in [1.54, 1.807) is 0 Å². The van der Waals surface area contributed by atoms with Crippen LogP contribution < -0.4 is 5.73 Å². The summed E-state index contributed by atoms with van der Waals surface area (Å²) in [5.41, 5.74) is 5.76. The zero-order valence-electron chi connectivity index (χ0n) is 18.4. The standard InChI is InChI=1S/C22H41NO3/c1-13(2)21(9,11-20(6,7)8)19(24)25-15(4)18-17-14(3)10-22(17,12-23)16(5)26-18/h13-18H,10-12,23H2,1-9H3/t14?,15?,16?,17?,18?,21?,22-/m0/s1. The Morgan fingerprint density at radius 3 is 2.23 bits per heavy atom. The number of hydrogen-bond donors (Lipinski definition) is 1. The van der Waals surface area contributed by atoms with Gasteiger partial charge in [0.15, 0.2) is 0 Å². The van der Waals surface area contributed by atoms with Crippen molar-refractivity contribution in [1.29, 1.82) is 0 Å². The maximum atomic E-state index is 13.2. The van der Waals surface area contributed by atoms with Crippen LogP contribution in [0.1, 0.15) is 75.2 Å². The van der Waals surface area contributed by atoms with Crippen LogP contribution in [-0.4, -0.2) is 30.8 Å². The van der Waals surface area contributed by atoms with Crippen LogP contribution in [0.5, 0.6) is 0 Å². The maximum absolute atomic E-state index is 13.2. The minimum atomic E-state index is -0.493. The molecule has 2 N–H and O–H groups in total. The van der Waals surface area contributed by atoms with Crippen molar-refractivity contribution in [2.24, 2.45) is 39.7 Å². The Labute approximate surface area is 160 Å². The van der Waals surface area contributed by atoms with Crippen LogP contribution in [0.4, 0.5) is 0 Å². The SMILES string of the molecule is CC1C[C@]2(CN)C(C)OC(C(C)OC(=O)C(C)(CC(C)(C)C)C(C)C)C12. The van der Waals surface area contributed by atoms with E-state index in [0.29, 0.717) is 18.4 Å². The molecule has 0 spiro atoms. The first-order valence-electron chi connectivity index (χ1n) is 10.3. The molecule has 2 fully saturated rings. The minimum Gasteiger partial charge on any atom is -0.459 e. The van der Waals surface area contributed by atoms with Crippen LogP contribution in [0.25, 0.3) is 0 Å². The average Bonchev–Trinajstić information content (AvgIpc) is 2.72. The molecule has 4 nitrogen and oxygen atoms in total. The van der Waals surface area contributed by atoms with E-state index in [1.807, 2.05) is 13.8 Å². The van der Waals surface area contributed by atoms with Crippen LogP contribution in [-0.2, 0) is 14.3 Å². The molecule has 1 saturated heterocycles. The molecule has 0 bridgehead atoms. The van der Waals surface area contributed by atoms with Crippen molar-refractivity contribution in [2.45, 2.75) is 93.5 Å². The number of ether oxygens (including phenoxy) is 2. The highest BCUT2D eigenvalue weighted by molar-refractivity contribution is 5.77. The quantitative estimate of drug-likeness (QED) is 0.707. The molecule has 0 aromatic rings. The van der Waals surface area contributed by atoms with E-state index in [1.165, 1.54) is 0 Å². The highest BCUT2D eigenvalue weighted by atomic mass is 16.6. The monoisotopic (exact) mass is 367 g/mol. The highest BCUT2D eigenvalue weighted by Gasteiger charge is 2.64. The molecule has 26 heavy (non-hydrogen) atoms. The lowest BCUT2D eigenvalue weighted by Crippen LogP contribution is -2.56. The van der Waals surface area contributed by atoms with E-state index in [0.717, 1.165) is 12.8 Å². The van der Waals surface area contributed by atoms with Gasteiger partial charge in [0.2, 0.25) is 0 Å². The Hall–Kier alpha value is -0.610. The zero-order valence-corrected chi connectivity index (χ0v) is 18.4. The van der Waals surface area contributed by atoms with Gasteiger partial charge < -0.3 is 15.2 Å². The summed E-state index contributed by atoms with van der Waals surface area (Å²) in [5, 5.41) is 0. The van der Waals surface area contributed by atoms with Crippen molar-refractivity contribution in [1.82, 2.24) is 0 Å². The molecule has 4 heteroatoms. The van der Waals surface area contributed by atoms with Crippen LogP contribution in [0, 0.1) is 34.0 Å². The van der Waals surface area contributed by atoms with Gasteiger partial charge in [-0.1, -0.05) is 41.5 Å². The Bertz CT molecular complexity index is 526. The molecule has 1 heterocycles. The van der Waals surface area contributed by atoms with Gasteiger partial charge in [-0.3, -0.25) is 4.79 Å². The summed E-state index contributed by atoms with van der Waals surface area (Å²) < 4.78 is 12.3. The molecule has 2 rings (SSSR count). The second-order valence-corrected chi connectivity index (χ2v) is 10.8. The molecule has 7 atom stereocenters. The molecular weight excluding hydrogens is 326 g/mol. The van der Waals surface area contributed by atoms with Crippen LogP contribution >= 0.6 is 0 Å². The minimum absolute atomic E-state index is 0.0488. The fraction of sp³-hybridized carbons (Fsp3) is 0.955. The van der Waals surface area contributed by atoms with E-state index in [-0.39, 0.29) is 41.0 Å². The normalized spacial score (nSPS) is 37.7. The van der Waals surface area contributed by atoms with Gasteiger partial charge in [-0.15, -0.1) is 0 Å². The number of rotatable bonds is 6. The zero-order chi connectivity index (χ0) is 20.1. The molecular formula is C22H41NO3. The van der Waals surface area contributed by atoms with Gasteiger partial charge in [0.05, 0.1) is 17.6 Å². The predicted octanol–water partition coefficient (Wildman–Crippen LogP) is 4.41. The molecule has 1 saturated carbocycles. The summed E-state index contributed by atoms with van der Waals surface area (Å²) in [4.78, 5) is 13.2. The summed E-state index contributed by atoms with van der Waals surface area (Å²) >= 11 is 0. The first-order valence-corrected chi connectivity index (χ1v) is 10.3. The van der Waals surface area contributed by atoms with Crippen molar-refractivity contribution >= 4 is 5.97 Å². The molecule has 0 radical (unpaired) electrons. The highest BCUT2D eigenvalue weighted by Crippen LogP contribution is 2.61. The van der Waals surface area contributed by atoms with E-state index >= 15 is 0 Å². The van der Waals surface area contributed by atoms with Crippen molar-refractivity contribution < 1.29 is 14.3 Å². The Kier molecular flexibility index (Phi) is 5.91. The Morgan fingerprint density at radius 1 is 1.23 bits per heavy atom. The summed E-state index contributed by atoms with van der Waals surface area (Å²) in [6.07, 6.45) is 1.75. The summed E-state index contributed by atoms with van der Waals surface area (Å²) in [7, 11) is 0. The number of carbonyl (C=O) groups excluding carboxylic acids is 1. The fourth-order valence-corrected chi connectivity index (χ4v) is 5.58. The first-order chi connectivity index (χ1) is 11.8. The number of hydrogen-bond acceptors (Lipinski definition) is 4. The maximum Gasteiger partial charge on any atom is 0.312 e. The molecule has 6 unspecified atom stereocenters. The molecule has 0 aromatic heterocycles.